The first-order chi connectivity index (χ1) is 18.6. The summed E-state index contributed by atoms with van der Waals surface area (Å²) in [5.41, 5.74) is 1.77. The number of benzene rings is 2. The van der Waals surface area contributed by atoms with Gasteiger partial charge in [0.1, 0.15) is 6.04 Å². The van der Waals surface area contributed by atoms with Gasteiger partial charge in [0.05, 0.1) is 22.5 Å². The zero-order chi connectivity index (χ0) is 28.1. The smallest absolute Gasteiger partial charge is 0.337 e. The molecule has 0 saturated carbocycles. The van der Waals surface area contributed by atoms with Gasteiger partial charge < -0.3 is 25.5 Å². The molecule has 39 heavy (non-hydrogen) atoms. The van der Waals surface area contributed by atoms with Crippen LogP contribution in [0.1, 0.15) is 38.4 Å². The van der Waals surface area contributed by atoms with Gasteiger partial charge in [0, 0.05) is 42.8 Å². The first kappa shape index (κ1) is 27.7. The molecule has 0 radical (unpaired) electrons. The van der Waals surface area contributed by atoms with Gasteiger partial charge in [-0.2, -0.15) is 0 Å². The highest BCUT2D eigenvalue weighted by Gasteiger charge is 2.36. The first-order valence-electron chi connectivity index (χ1n) is 12.2. The van der Waals surface area contributed by atoms with E-state index in [1.807, 2.05) is 19.0 Å². The minimum atomic E-state index is -1.20. The summed E-state index contributed by atoms with van der Waals surface area (Å²) in [5.74, 6) is -2.35. The van der Waals surface area contributed by atoms with Crippen LogP contribution in [0.15, 0.2) is 60.8 Å². The number of carboxylic acid groups (broad SMARTS) is 1. The van der Waals surface area contributed by atoms with Crippen molar-refractivity contribution in [3.63, 3.8) is 0 Å². The van der Waals surface area contributed by atoms with Crippen molar-refractivity contribution in [1.82, 2.24) is 14.8 Å². The lowest BCUT2D eigenvalue weighted by Crippen LogP contribution is -2.46. The SMILES string of the molecule is CN(C)CCC(=O)Nc1cc(CN2C(=O)c3ccc(Cl)cc3NC(=O)[C@H]2Cc2ccccn2)ccc1C(=O)O. The van der Waals surface area contributed by atoms with Gasteiger partial charge in [-0.05, 0) is 62.1 Å². The molecule has 1 atom stereocenters. The minimum Gasteiger partial charge on any atom is -0.478 e. The highest BCUT2D eigenvalue weighted by molar-refractivity contribution is 6.31. The number of anilines is 2. The molecule has 1 aliphatic rings. The number of carbonyl (C=O) groups excluding carboxylic acids is 3. The van der Waals surface area contributed by atoms with Crippen LogP contribution in [-0.4, -0.2) is 70.3 Å². The third-order valence-electron chi connectivity index (χ3n) is 6.27. The Morgan fingerprint density at radius 2 is 1.92 bits per heavy atom. The molecule has 1 aromatic heterocycles. The highest BCUT2D eigenvalue weighted by Crippen LogP contribution is 2.29. The number of carboxylic acids is 1. The lowest BCUT2D eigenvalue weighted by Gasteiger charge is -2.29. The molecule has 0 unspecified atom stereocenters. The Morgan fingerprint density at radius 3 is 2.62 bits per heavy atom. The molecular formula is C28H28ClN5O5. The first-order valence-corrected chi connectivity index (χ1v) is 12.6. The maximum Gasteiger partial charge on any atom is 0.337 e. The molecule has 0 aliphatic carbocycles. The number of aromatic carboxylic acids is 1. The highest BCUT2D eigenvalue weighted by atomic mass is 35.5. The van der Waals surface area contributed by atoms with Crippen LogP contribution in [0.25, 0.3) is 0 Å². The molecular weight excluding hydrogens is 522 g/mol. The Bertz CT molecular complexity index is 1410. The van der Waals surface area contributed by atoms with Gasteiger partial charge in [-0.25, -0.2) is 4.79 Å². The fourth-order valence-electron chi connectivity index (χ4n) is 4.28. The van der Waals surface area contributed by atoms with E-state index in [0.29, 0.717) is 28.5 Å². The molecule has 2 heterocycles. The number of hydrogen-bond donors (Lipinski definition) is 3. The van der Waals surface area contributed by atoms with Gasteiger partial charge in [-0.3, -0.25) is 19.4 Å². The Hall–Kier alpha value is -4.28. The summed E-state index contributed by atoms with van der Waals surface area (Å²) in [6.07, 6.45) is 1.94. The maximum absolute atomic E-state index is 13.8. The van der Waals surface area contributed by atoms with E-state index >= 15 is 0 Å². The third kappa shape index (κ3) is 6.78. The lowest BCUT2D eigenvalue weighted by atomic mass is 10.0. The predicted molar refractivity (Wildman–Crippen MR) is 147 cm³/mol. The van der Waals surface area contributed by atoms with Gasteiger partial charge in [-0.1, -0.05) is 23.7 Å². The van der Waals surface area contributed by atoms with Crippen LogP contribution in [0.5, 0.6) is 0 Å². The second-order valence-corrected chi connectivity index (χ2v) is 9.88. The van der Waals surface area contributed by atoms with Crippen LogP contribution in [0.2, 0.25) is 5.02 Å². The van der Waals surface area contributed by atoms with Gasteiger partial charge in [0.2, 0.25) is 11.8 Å². The minimum absolute atomic E-state index is 0.0215. The summed E-state index contributed by atoms with van der Waals surface area (Å²) in [5, 5.41) is 15.5. The number of fused-ring (bicyclic) bond motifs is 1. The second-order valence-electron chi connectivity index (χ2n) is 9.44. The van der Waals surface area contributed by atoms with E-state index in [2.05, 4.69) is 15.6 Å². The molecule has 1 aliphatic heterocycles. The average molecular weight is 550 g/mol. The van der Waals surface area contributed by atoms with Crippen molar-refractivity contribution >= 4 is 46.7 Å². The molecule has 3 aromatic rings. The van der Waals surface area contributed by atoms with Crippen molar-refractivity contribution in [3.05, 3.63) is 88.2 Å². The number of hydrogen-bond acceptors (Lipinski definition) is 6. The maximum atomic E-state index is 13.8. The van der Waals surface area contributed by atoms with Crippen LogP contribution in [-0.2, 0) is 22.6 Å². The zero-order valence-electron chi connectivity index (χ0n) is 21.5. The van der Waals surface area contributed by atoms with Crippen LogP contribution < -0.4 is 10.6 Å². The van der Waals surface area contributed by atoms with Crippen molar-refractivity contribution in [2.24, 2.45) is 0 Å². The molecule has 2 aromatic carbocycles. The topological polar surface area (TPSA) is 132 Å². The molecule has 202 valence electrons. The van der Waals surface area contributed by atoms with E-state index in [-0.39, 0.29) is 42.1 Å². The molecule has 3 N–H and O–H groups in total. The van der Waals surface area contributed by atoms with Crippen molar-refractivity contribution < 1.29 is 24.3 Å². The number of pyridine rings is 1. The van der Waals surface area contributed by atoms with Gasteiger partial charge in [-0.15, -0.1) is 0 Å². The van der Waals surface area contributed by atoms with Crippen LogP contribution in [0.4, 0.5) is 11.4 Å². The molecule has 3 amide bonds. The molecule has 10 nitrogen and oxygen atoms in total. The molecule has 0 spiro atoms. The monoisotopic (exact) mass is 549 g/mol. The summed E-state index contributed by atoms with van der Waals surface area (Å²) < 4.78 is 0. The summed E-state index contributed by atoms with van der Waals surface area (Å²) in [6.45, 7) is 0.468. The van der Waals surface area contributed by atoms with Crippen molar-refractivity contribution in [1.29, 1.82) is 0 Å². The molecule has 0 saturated heterocycles. The van der Waals surface area contributed by atoms with E-state index in [1.165, 1.54) is 23.1 Å². The fourth-order valence-corrected chi connectivity index (χ4v) is 4.45. The van der Waals surface area contributed by atoms with E-state index in [4.69, 9.17) is 11.6 Å². The second kappa shape index (κ2) is 12.1. The largest absolute Gasteiger partial charge is 0.478 e. The van der Waals surface area contributed by atoms with Gasteiger partial charge in [0.25, 0.3) is 5.91 Å². The van der Waals surface area contributed by atoms with E-state index < -0.39 is 23.8 Å². The Kier molecular flexibility index (Phi) is 8.58. The lowest BCUT2D eigenvalue weighted by molar-refractivity contribution is -0.120. The van der Waals surface area contributed by atoms with Crippen molar-refractivity contribution in [2.75, 3.05) is 31.3 Å². The van der Waals surface area contributed by atoms with Crippen molar-refractivity contribution in [3.8, 4) is 0 Å². The summed E-state index contributed by atoms with van der Waals surface area (Å²) in [7, 11) is 3.66. The number of nitrogens with one attached hydrogen (secondary N) is 2. The average Bonchev–Trinajstić information content (AvgIpc) is 2.98. The van der Waals surface area contributed by atoms with Gasteiger partial charge in [0.15, 0.2) is 0 Å². The Balaban J connectivity index is 1.70. The van der Waals surface area contributed by atoms with E-state index in [0.717, 1.165) is 0 Å². The number of halogens is 1. The van der Waals surface area contributed by atoms with Gasteiger partial charge >= 0.3 is 5.97 Å². The molecule has 0 fully saturated rings. The molecule has 11 heteroatoms. The van der Waals surface area contributed by atoms with Crippen LogP contribution in [0.3, 0.4) is 0 Å². The summed E-state index contributed by atoms with van der Waals surface area (Å²) in [6, 6.07) is 13.5. The normalized spacial score (nSPS) is 15.0. The summed E-state index contributed by atoms with van der Waals surface area (Å²) in [4.78, 5) is 59.1. The summed E-state index contributed by atoms with van der Waals surface area (Å²) >= 11 is 6.13. The number of amides is 3. The molecule has 0 bridgehead atoms. The molecule has 4 rings (SSSR count). The van der Waals surface area contributed by atoms with Crippen LogP contribution >= 0.6 is 11.6 Å². The van der Waals surface area contributed by atoms with E-state index in [1.54, 1.807) is 42.6 Å². The Labute approximate surface area is 230 Å². The van der Waals surface area contributed by atoms with Crippen molar-refractivity contribution in [2.45, 2.75) is 25.4 Å². The number of nitrogens with zero attached hydrogens (tertiary/aromatic N) is 3. The Morgan fingerprint density at radius 1 is 1.13 bits per heavy atom. The number of rotatable bonds is 9. The van der Waals surface area contributed by atoms with Crippen LogP contribution in [0, 0.1) is 0 Å². The number of carbonyl (C=O) groups is 4. The zero-order valence-corrected chi connectivity index (χ0v) is 22.2. The quantitative estimate of drug-likeness (QED) is 0.372. The van der Waals surface area contributed by atoms with E-state index in [9.17, 15) is 24.3 Å². The predicted octanol–water partition coefficient (Wildman–Crippen LogP) is 3.53. The standard InChI is InChI=1S/C28H28ClN5O5/c1-33(2)12-10-25(35)31-22-13-17(6-8-21(22)28(38)39)16-34-24(15-19-5-3-4-11-30-19)26(36)32-23-14-18(29)7-9-20(23)27(34)37/h3-9,11,13-14,24H,10,12,15-16H2,1-2H3,(H,31,35)(H,32,36)(H,38,39)/t24-/m1/s1. The fraction of sp³-hybridized carbons (Fsp3) is 0.250. The number of aromatic nitrogens is 1. The third-order valence-corrected chi connectivity index (χ3v) is 6.50.